The van der Waals surface area contributed by atoms with E-state index in [1.165, 1.54) is 0 Å². The van der Waals surface area contributed by atoms with E-state index in [-0.39, 0.29) is 0 Å². The summed E-state index contributed by atoms with van der Waals surface area (Å²) in [6, 6.07) is 5.12. The van der Waals surface area contributed by atoms with Gasteiger partial charge in [0.1, 0.15) is 0 Å². The molecular weight excluding hydrogens is 210 g/mol. The molecule has 0 aliphatic heterocycles. The molecule has 2 rings (SSSR count). The summed E-state index contributed by atoms with van der Waals surface area (Å²) in [6.07, 6.45) is 1.55. The lowest BCUT2D eigenvalue weighted by atomic mass is 10.3. The lowest BCUT2D eigenvalue weighted by Crippen LogP contribution is -1.89. The highest BCUT2D eigenvalue weighted by Crippen LogP contribution is 2.24. The van der Waals surface area contributed by atoms with E-state index < -0.39 is 6.61 Å². The van der Waals surface area contributed by atoms with Gasteiger partial charge in [0.05, 0.1) is 17.4 Å². The number of H-pyrrole nitrogens is 1. The van der Waals surface area contributed by atoms with Gasteiger partial charge in [-0.1, -0.05) is 0 Å². The van der Waals surface area contributed by atoms with Crippen molar-refractivity contribution in [2.24, 2.45) is 0 Å². The van der Waals surface area contributed by atoms with Gasteiger partial charge in [-0.2, -0.15) is 8.78 Å². The summed E-state index contributed by atoms with van der Waals surface area (Å²) in [4.78, 5) is 7.49. The molecule has 0 unspecified atom stereocenters. The monoisotopic (exact) mass is 216 g/mol. The van der Waals surface area contributed by atoms with E-state index in [0.717, 1.165) is 11.0 Å². The number of hydrogen-bond donors (Lipinski definition) is 1. The number of aromatic nitrogens is 2. The van der Waals surface area contributed by atoms with Crippen LogP contribution in [0, 0.1) is 0 Å². The quantitative estimate of drug-likeness (QED) is 0.801. The molecule has 2 aromatic rings. The number of rotatable bonds is 3. The van der Waals surface area contributed by atoms with E-state index in [9.17, 15) is 8.78 Å². The number of nitrogens with zero attached hydrogens (tertiary/aromatic N) is 1. The number of imidazole rings is 1. The highest BCUT2D eigenvalue weighted by molar-refractivity contribution is 7.94. The molecule has 0 atom stereocenters. The molecule has 3 nitrogen and oxygen atoms in total. The number of nitrogens with one attached hydrogen (secondary N) is 1. The molecule has 6 heteroatoms. The molecule has 0 bridgehead atoms. The Kier molecular flexibility index (Phi) is 2.64. The van der Waals surface area contributed by atoms with Gasteiger partial charge < -0.3 is 4.98 Å². The first-order valence-electron chi connectivity index (χ1n) is 3.80. The first-order valence-corrected chi connectivity index (χ1v) is 4.54. The van der Waals surface area contributed by atoms with Gasteiger partial charge in [0.15, 0.2) is 0 Å². The van der Waals surface area contributed by atoms with Crippen LogP contribution < -0.4 is 0 Å². The maximum Gasteiger partial charge on any atom is 0.355 e. The van der Waals surface area contributed by atoms with Crippen LogP contribution in [0.3, 0.4) is 0 Å². The Morgan fingerprint density at radius 3 is 3.07 bits per heavy atom. The molecular formula is C8H6F2N2OS. The first-order chi connectivity index (χ1) is 6.75. The van der Waals surface area contributed by atoms with Gasteiger partial charge in [-0.15, -0.1) is 0 Å². The predicted molar refractivity (Wildman–Crippen MR) is 49.0 cm³/mol. The first kappa shape index (κ1) is 9.42. The third-order valence-electron chi connectivity index (χ3n) is 1.61. The second-order valence-corrected chi connectivity index (χ2v) is 3.35. The van der Waals surface area contributed by atoms with Gasteiger partial charge in [-0.25, -0.2) is 9.17 Å². The van der Waals surface area contributed by atoms with Crippen molar-refractivity contribution in [2.75, 3.05) is 0 Å². The molecule has 0 aliphatic carbocycles. The van der Waals surface area contributed by atoms with Gasteiger partial charge in [-0.05, 0) is 18.2 Å². The predicted octanol–water partition coefficient (Wildman–Crippen LogP) is 2.81. The second kappa shape index (κ2) is 3.93. The molecule has 0 radical (unpaired) electrons. The summed E-state index contributed by atoms with van der Waals surface area (Å²) >= 11 is 0.649. The fourth-order valence-corrected chi connectivity index (χ4v) is 1.53. The largest absolute Gasteiger partial charge is 0.355 e. The average Bonchev–Trinajstić information content (AvgIpc) is 2.61. The van der Waals surface area contributed by atoms with Crippen LogP contribution in [-0.4, -0.2) is 16.6 Å². The topological polar surface area (TPSA) is 37.9 Å². The van der Waals surface area contributed by atoms with E-state index in [1.807, 2.05) is 0 Å². The zero-order chi connectivity index (χ0) is 9.97. The Hall–Kier alpha value is -1.14. The number of alkyl halides is 2. The van der Waals surface area contributed by atoms with Crippen molar-refractivity contribution >= 4 is 23.1 Å². The van der Waals surface area contributed by atoms with Crippen LogP contribution in [0.4, 0.5) is 8.78 Å². The number of fused-ring (bicyclic) bond motifs is 1. The van der Waals surface area contributed by atoms with E-state index in [2.05, 4.69) is 14.2 Å². The fourth-order valence-electron chi connectivity index (χ4n) is 1.06. The van der Waals surface area contributed by atoms with Gasteiger partial charge in [0.25, 0.3) is 0 Å². The molecule has 1 heterocycles. The minimum atomic E-state index is -2.77. The summed E-state index contributed by atoms with van der Waals surface area (Å²) in [5, 5.41) is 0. The van der Waals surface area contributed by atoms with Crippen molar-refractivity contribution in [3.05, 3.63) is 24.5 Å². The lowest BCUT2D eigenvalue weighted by Gasteiger charge is -2.00. The lowest BCUT2D eigenvalue weighted by molar-refractivity contribution is -0.0345. The van der Waals surface area contributed by atoms with Crippen molar-refractivity contribution in [3.63, 3.8) is 0 Å². The molecule has 0 amide bonds. The van der Waals surface area contributed by atoms with Crippen LogP contribution in [0.25, 0.3) is 11.0 Å². The summed E-state index contributed by atoms with van der Waals surface area (Å²) in [5.41, 5.74) is 1.60. The molecule has 0 saturated carbocycles. The van der Waals surface area contributed by atoms with E-state index >= 15 is 0 Å². The van der Waals surface area contributed by atoms with Crippen molar-refractivity contribution in [3.8, 4) is 0 Å². The smallest absolute Gasteiger partial charge is 0.345 e. The average molecular weight is 216 g/mol. The van der Waals surface area contributed by atoms with E-state index in [1.54, 1.807) is 24.5 Å². The Bertz CT molecular complexity index is 432. The summed E-state index contributed by atoms with van der Waals surface area (Å²) in [7, 11) is 0. The molecule has 1 N–H and O–H groups in total. The Balaban J connectivity index is 2.17. The SMILES string of the molecule is FC(F)OSc1ccc2nc[nH]c2c1. The summed E-state index contributed by atoms with van der Waals surface area (Å²) < 4.78 is 27.5. The highest BCUT2D eigenvalue weighted by Gasteiger charge is 2.05. The van der Waals surface area contributed by atoms with Gasteiger partial charge >= 0.3 is 6.61 Å². The van der Waals surface area contributed by atoms with Crippen LogP contribution in [0.15, 0.2) is 29.4 Å². The van der Waals surface area contributed by atoms with Crippen molar-refractivity contribution < 1.29 is 13.0 Å². The Morgan fingerprint density at radius 1 is 1.43 bits per heavy atom. The molecule has 0 spiro atoms. The highest BCUT2D eigenvalue weighted by atomic mass is 32.2. The van der Waals surface area contributed by atoms with Gasteiger partial charge in [0.2, 0.25) is 0 Å². The summed E-state index contributed by atoms with van der Waals surface area (Å²) in [5.74, 6) is 0. The Labute approximate surface area is 82.7 Å². The molecule has 1 aromatic carbocycles. The number of halogens is 2. The minimum Gasteiger partial charge on any atom is -0.345 e. The van der Waals surface area contributed by atoms with E-state index in [0.29, 0.717) is 16.9 Å². The number of hydrogen-bond acceptors (Lipinski definition) is 3. The maximum absolute atomic E-state index is 11.7. The second-order valence-electron chi connectivity index (χ2n) is 2.52. The number of aromatic amines is 1. The third-order valence-corrected chi connectivity index (χ3v) is 2.30. The van der Waals surface area contributed by atoms with Crippen LogP contribution in [0.5, 0.6) is 0 Å². The maximum atomic E-state index is 11.7. The standard InChI is InChI=1S/C8H6F2N2OS/c9-8(10)13-14-5-1-2-6-7(3-5)12-4-11-6/h1-4,8H,(H,11,12). The van der Waals surface area contributed by atoms with Crippen molar-refractivity contribution in [1.29, 1.82) is 0 Å². The van der Waals surface area contributed by atoms with E-state index in [4.69, 9.17) is 0 Å². The van der Waals surface area contributed by atoms with Crippen molar-refractivity contribution in [2.45, 2.75) is 11.5 Å². The normalized spacial score (nSPS) is 11.4. The molecule has 0 saturated heterocycles. The van der Waals surface area contributed by atoms with Crippen molar-refractivity contribution in [1.82, 2.24) is 9.97 Å². The molecule has 14 heavy (non-hydrogen) atoms. The van der Waals surface area contributed by atoms with Crippen LogP contribution in [0.2, 0.25) is 0 Å². The minimum absolute atomic E-state index is 0.613. The zero-order valence-electron chi connectivity index (χ0n) is 6.91. The summed E-state index contributed by atoms with van der Waals surface area (Å²) in [6.45, 7) is -2.77. The van der Waals surface area contributed by atoms with Gasteiger partial charge in [-0.3, -0.25) is 0 Å². The van der Waals surface area contributed by atoms with Crippen LogP contribution in [-0.2, 0) is 4.18 Å². The molecule has 0 fully saturated rings. The van der Waals surface area contributed by atoms with Crippen LogP contribution >= 0.6 is 12.0 Å². The van der Waals surface area contributed by atoms with Crippen LogP contribution in [0.1, 0.15) is 0 Å². The third kappa shape index (κ3) is 2.02. The van der Waals surface area contributed by atoms with Gasteiger partial charge in [0, 0.05) is 16.9 Å². The fraction of sp³-hybridized carbons (Fsp3) is 0.125. The molecule has 1 aromatic heterocycles. The molecule has 0 aliphatic rings. The Morgan fingerprint density at radius 2 is 2.29 bits per heavy atom. The molecule has 74 valence electrons. The number of benzene rings is 1. The zero-order valence-corrected chi connectivity index (χ0v) is 7.72.